The van der Waals surface area contributed by atoms with Gasteiger partial charge in [-0.1, -0.05) is 45.4 Å². The van der Waals surface area contributed by atoms with Crippen LogP contribution in [0.1, 0.15) is 73.2 Å². The zero-order valence-electron chi connectivity index (χ0n) is 11.6. The number of aryl methyl sites for hydroxylation is 2. The predicted octanol–water partition coefficient (Wildman–Crippen LogP) is 5.12. The third-order valence-corrected chi connectivity index (χ3v) is 4.57. The van der Waals surface area contributed by atoms with E-state index >= 15 is 0 Å². The van der Waals surface area contributed by atoms with Crippen molar-refractivity contribution in [3.63, 3.8) is 0 Å². The van der Waals surface area contributed by atoms with Gasteiger partial charge >= 0.3 is 0 Å². The first-order valence-electron chi connectivity index (χ1n) is 6.97. The largest absolute Gasteiger partial charge is 0.323 e. The van der Waals surface area contributed by atoms with E-state index in [1.165, 1.54) is 53.8 Å². The fourth-order valence-electron chi connectivity index (χ4n) is 2.30. The van der Waals surface area contributed by atoms with Crippen molar-refractivity contribution in [1.82, 2.24) is 0 Å². The fourth-order valence-corrected chi connectivity index (χ4v) is 3.37. The zero-order chi connectivity index (χ0) is 12.7. The van der Waals surface area contributed by atoms with Crippen molar-refractivity contribution in [2.45, 2.75) is 71.8 Å². The van der Waals surface area contributed by atoms with Gasteiger partial charge in [0.2, 0.25) is 0 Å². The number of nitrogens with two attached hydrogens (primary N) is 1. The van der Waals surface area contributed by atoms with Crippen LogP contribution in [0, 0.1) is 13.8 Å². The Hall–Kier alpha value is -0.340. The second-order valence-corrected chi connectivity index (χ2v) is 6.36. The molecule has 1 atom stereocenters. The third-order valence-electron chi connectivity index (χ3n) is 3.28. The van der Waals surface area contributed by atoms with Crippen LogP contribution in [-0.2, 0) is 0 Å². The van der Waals surface area contributed by atoms with E-state index in [4.69, 9.17) is 5.73 Å². The Morgan fingerprint density at radius 2 is 1.76 bits per heavy atom. The molecule has 0 aliphatic carbocycles. The highest BCUT2D eigenvalue weighted by Crippen LogP contribution is 2.29. The van der Waals surface area contributed by atoms with Crippen molar-refractivity contribution >= 4 is 11.3 Å². The quantitative estimate of drug-likeness (QED) is 0.640. The lowest BCUT2D eigenvalue weighted by molar-refractivity contribution is 0.550. The highest BCUT2D eigenvalue weighted by atomic mass is 32.1. The summed E-state index contributed by atoms with van der Waals surface area (Å²) < 4.78 is 0. The Morgan fingerprint density at radius 1 is 1.12 bits per heavy atom. The fraction of sp³-hybridized carbons (Fsp3) is 0.733. The molecule has 0 fully saturated rings. The average molecular weight is 253 g/mol. The van der Waals surface area contributed by atoms with Gasteiger partial charge in [0, 0.05) is 15.8 Å². The third kappa shape index (κ3) is 5.22. The van der Waals surface area contributed by atoms with Gasteiger partial charge in [-0.15, -0.1) is 11.3 Å². The minimum Gasteiger partial charge on any atom is -0.323 e. The molecule has 1 nitrogen and oxygen atoms in total. The molecule has 0 amide bonds. The average Bonchev–Trinajstić information content (AvgIpc) is 2.62. The second-order valence-electron chi connectivity index (χ2n) is 5.07. The van der Waals surface area contributed by atoms with E-state index in [2.05, 4.69) is 26.8 Å². The molecule has 1 aromatic heterocycles. The maximum Gasteiger partial charge on any atom is 0.0392 e. The molecule has 1 unspecified atom stereocenters. The molecule has 0 saturated heterocycles. The summed E-state index contributed by atoms with van der Waals surface area (Å²) in [5.41, 5.74) is 7.64. The van der Waals surface area contributed by atoms with Gasteiger partial charge in [-0.25, -0.2) is 0 Å². The molecule has 1 heterocycles. The number of hydrogen-bond acceptors (Lipinski definition) is 2. The highest BCUT2D eigenvalue weighted by molar-refractivity contribution is 7.12. The van der Waals surface area contributed by atoms with Crippen molar-refractivity contribution < 1.29 is 0 Å². The standard InChI is InChI=1S/C15H27NS/c1-4-5-6-7-8-9-10-14(16)15-12(2)11-13(3)17-15/h11,14H,4-10,16H2,1-3H3. The summed E-state index contributed by atoms with van der Waals surface area (Å²) in [6, 6.07) is 2.51. The SMILES string of the molecule is CCCCCCCCC(N)c1sc(C)cc1C. The highest BCUT2D eigenvalue weighted by Gasteiger charge is 2.11. The normalized spacial score (nSPS) is 12.9. The van der Waals surface area contributed by atoms with E-state index in [0.717, 1.165) is 6.42 Å². The van der Waals surface area contributed by atoms with Crippen molar-refractivity contribution in [1.29, 1.82) is 0 Å². The van der Waals surface area contributed by atoms with E-state index in [0.29, 0.717) is 0 Å². The minimum atomic E-state index is 0.264. The molecule has 1 aromatic rings. The Labute approximate surface area is 110 Å². The van der Waals surface area contributed by atoms with Gasteiger partial charge in [0.1, 0.15) is 0 Å². The Kier molecular flexibility index (Phi) is 6.83. The summed E-state index contributed by atoms with van der Waals surface area (Å²) in [6.45, 7) is 6.61. The van der Waals surface area contributed by atoms with Crippen LogP contribution in [0.2, 0.25) is 0 Å². The van der Waals surface area contributed by atoms with Crippen molar-refractivity contribution in [3.8, 4) is 0 Å². The summed E-state index contributed by atoms with van der Waals surface area (Å²) in [7, 11) is 0. The first-order valence-corrected chi connectivity index (χ1v) is 7.79. The Balaban J connectivity index is 2.21. The lowest BCUT2D eigenvalue weighted by Crippen LogP contribution is -2.09. The second kappa shape index (κ2) is 7.88. The van der Waals surface area contributed by atoms with Gasteiger partial charge < -0.3 is 5.73 Å². The minimum absolute atomic E-state index is 0.264. The molecular formula is C15H27NS. The molecule has 0 spiro atoms. The van der Waals surface area contributed by atoms with Crippen LogP contribution < -0.4 is 5.73 Å². The van der Waals surface area contributed by atoms with Crippen LogP contribution in [0.25, 0.3) is 0 Å². The van der Waals surface area contributed by atoms with E-state index in [1.54, 1.807) is 0 Å². The van der Waals surface area contributed by atoms with Gasteiger partial charge in [0.25, 0.3) is 0 Å². The first-order chi connectivity index (χ1) is 8.15. The summed E-state index contributed by atoms with van der Waals surface area (Å²) in [6.07, 6.45) is 9.25. The van der Waals surface area contributed by atoms with E-state index in [1.807, 2.05) is 11.3 Å². The number of thiophene rings is 1. The van der Waals surface area contributed by atoms with Gasteiger partial charge in [-0.05, 0) is 31.9 Å². The molecule has 0 aliphatic rings. The molecule has 1 rings (SSSR count). The van der Waals surface area contributed by atoms with Crippen LogP contribution in [0.3, 0.4) is 0 Å². The Morgan fingerprint density at radius 3 is 2.35 bits per heavy atom. The maximum atomic E-state index is 6.26. The van der Waals surface area contributed by atoms with Gasteiger partial charge in [0.15, 0.2) is 0 Å². The van der Waals surface area contributed by atoms with Gasteiger partial charge in [0.05, 0.1) is 0 Å². The molecule has 0 saturated carbocycles. The summed E-state index contributed by atoms with van der Waals surface area (Å²) in [5.74, 6) is 0. The molecule has 2 heteroatoms. The van der Waals surface area contributed by atoms with Crippen LogP contribution in [-0.4, -0.2) is 0 Å². The van der Waals surface area contributed by atoms with Crippen molar-refractivity contribution in [2.75, 3.05) is 0 Å². The zero-order valence-corrected chi connectivity index (χ0v) is 12.4. The van der Waals surface area contributed by atoms with Crippen molar-refractivity contribution in [2.24, 2.45) is 5.73 Å². The van der Waals surface area contributed by atoms with E-state index < -0.39 is 0 Å². The van der Waals surface area contributed by atoms with Crippen LogP contribution in [0.15, 0.2) is 6.07 Å². The predicted molar refractivity (Wildman–Crippen MR) is 78.7 cm³/mol. The van der Waals surface area contributed by atoms with Crippen molar-refractivity contribution in [3.05, 3.63) is 21.4 Å². The van der Waals surface area contributed by atoms with Crippen LogP contribution in [0.5, 0.6) is 0 Å². The monoisotopic (exact) mass is 253 g/mol. The number of rotatable bonds is 8. The maximum absolute atomic E-state index is 6.26. The molecular weight excluding hydrogens is 226 g/mol. The number of unbranched alkanes of at least 4 members (excludes halogenated alkanes) is 5. The smallest absolute Gasteiger partial charge is 0.0392 e. The first kappa shape index (κ1) is 14.7. The summed E-state index contributed by atoms with van der Waals surface area (Å²) >= 11 is 1.87. The molecule has 0 aromatic carbocycles. The molecule has 0 aliphatic heterocycles. The molecule has 17 heavy (non-hydrogen) atoms. The molecule has 0 radical (unpaired) electrons. The van der Waals surface area contributed by atoms with E-state index in [-0.39, 0.29) is 6.04 Å². The lowest BCUT2D eigenvalue weighted by Gasteiger charge is -2.10. The Bertz CT molecular complexity index is 317. The number of hydrogen-bond donors (Lipinski definition) is 1. The summed E-state index contributed by atoms with van der Waals surface area (Å²) in [4.78, 5) is 2.78. The molecule has 98 valence electrons. The summed E-state index contributed by atoms with van der Waals surface area (Å²) in [5, 5.41) is 0. The van der Waals surface area contributed by atoms with Crippen LogP contribution in [0.4, 0.5) is 0 Å². The van der Waals surface area contributed by atoms with E-state index in [9.17, 15) is 0 Å². The van der Waals surface area contributed by atoms with Crippen LogP contribution >= 0.6 is 11.3 Å². The molecule has 2 N–H and O–H groups in total. The topological polar surface area (TPSA) is 26.0 Å². The van der Waals surface area contributed by atoms with Gasteiger partial charge in [-0.2, -0.15) is 0 Å². The molecule has 0 bridgehead atoms. The lowest BCUT2D eigenvalue weighted by atomic mass is 10.0. The van der Waals surface area contributed by atoms with Gasteiger partial charge in [-0.3, -0.25) is 0 Å².